The molecule has 0 saturated carbocycles. The summed E-state index contributed by atoms with van der Waals surface area (Å²) in [5.74, 6) is -0.543. The van der Waals surface area contributed by atoms with Crippen molar-refractivity contribution >= 4 is 21.6 Å². The van der Waals surface area contributed by atoms with E-state index in [2.05, 4.69) is 5.32 Å². The van der Waals surface area contributed by atoms with Gasteiger partial charge in [-0.2, -0.15) is 0 Å². The Labute approximate surface area is 170 Å². The van der Waals surface area contributed by atoms with Crippen LogP contribution >= 0.6 is 0 Å². The Balaban J connectivity index is 1.86. The van der Waals surface area contributed by atoms with Crippen LogP contribution in [0.1, 0.15) is 37.4 Å². The molecule has 0 saturated heterocycles. The zero-order valence-corrected chi connectivity index (χ0v) is 17.7. The van der Waals surface area contributed by atoms with Gasteiger partial charge in [0.2, 0.25) is 15.9 Å². The van der Waals surface area contributed by atoms with Gasteiger partial charge in [-0.15, -0.1) is 0 Å². The van der Waals surface area contributed by atoms with E-state index in [0.717, 1.165) is 27.8 Å². The molecule has 2 aromatic carbocycles. The smallest absolute Gasteiger partial charge is 0.241 e. The molecule has 156 valence electrons. The van der Waals surface area contributed by atoms with Crippen LogP contribution in [0, 0.1) is 12.7 Å². The van der Waals surface area contributed by atoms with Crippen LogP contribution in [-0.2, 0) is 14.8 Å². The van der Waals surface area contributed by atoms with E-state index in [1.54, 1.807) is 0 Å². The summed E-state index contributed by atoms with van der Waals surface area (Å²) in [4.78, 5) is 12.8. The molecule has 1 aliphatic heterocycles. The fraction of sp³-hybridized carbons (Fsp3) is 0.381. The van der Waals surface area contributed by atoms with Gasteiger partial charge in [0.15, 0.2) is 0 Å². The summed E-state index contributed by atoms with van der Waals surface area (Å²) in [6.07, 6.45) is 1.47. The minimum absolute atomic E-state index is 0.159. The van der Waals surface area contributed by atoms with Crippen molar-refractivity contribution < 1.29 is 22.3 Å². The standard InChI is InChI=1S/C21H25FN2O4S/c1-14-9-10-19-15(11-14)17(12-21(2,3)28-19)23-20(25)13-24(29(4,26)27)18-8-6-5-7-16(18)22/h5-11,17H,12-13H2,1-4H3,(H,23,25)/t17-/m1/s1. The van der Waals surface area contributed by atoms with Gasteiger partial charge in [-0.05, 0) is 39.0 Å². The van der Waals surface area contributed by atoms with Crippen LogP contribution in [0.15, 0.2) is 42.5 Å². The highest BCUT2D eigenvalue weighted by Crippen LogP contribution is 2.39. The number of anilines is 1. The van der Waals surface area contributed by atoms with Gasteiger partial charge in [0.25, 0.3) is 0 Å². The van der Waals surface area contributed by atoms with E-state index < -0.39 is 33.9 Å². The molecule has 6 nitrogen and oxygen atoms in total. The Kier molecular flexibility index (Phi) is 5.58. The number of fused-ring (bicyclic) bond motifs is 1. The monoisotopic (exact) mass is 420 g/mol. The Morgan fingerprint density at radius 2 is 1.97 bits per heavy atom. The lowest BCUT2D eigenvalue weighted by Crippen LogP contribution is -2.45. The number of nitrogens with zero attached hydrogens (tertiary/aromatic N) is 1. The molecule has 1 aliphatic rings. The molecule has 8 heteroatoms. The maximum Gasteiger partial charge on any atom is 0.241 e. The molecule has 1 N–H and O–H groups in total. The van der Waals surface area contributed by atoms with Gasteiger partial charge in [-0.3, -0.25) is 9.10 Å². The number of halogens is 1. The first kappa shape index (κ1) is 21.1. The number of benzene rings is 2. The third kappa shape index (κ3) is 4.87. The van der Waals surface area contributed by atoms with Gasteiger partial charge >= 0.3 is 0 Å². The summed E-state index contributed by atoms with van der Waals surface area (Å²) in [5, 5.41) is 2.90. The zero-order chi connectivity index (χ0) is 21.4. The van der Waals surface area contributed by atoms with Crippen molar-refractivity contribution in [3.05, 3.63) is 59.4 Å². The van der Waals surface area contributed by atoms with Crippen molar-refractivity contribution in [1.82, 2.24) is 5.32 Å². The maximum absolute atomic E-state index is 14.2. The fourth-order valence-corrected chi connectivity index (χ4v) is 4.37. The van der Waals surface area contributed by atoms with Gasteiger partial charge < -0.3 is 10.1 Å². The lowest BCUT2D eigenvalue weighted by atomic mass is 9.89. The van der Waals surface area contributed by atoms with E-state index in [9.17, 15) is 17.6 Å². The number of hydrogen-bond donors (Lipinski definition) is 1. The normalized spacial score (nSPS) is 17.8. The molecule has 0 unspecified atom stereocenters. The van der Waals surface area contributed by atoms with Crippen LogP contribution in [0.3, 0.4) is 0 Å². The lowest BCUT2D eigenvalue weighted by Gasteiger charge is -2.38. The minimum atomic E-state index is -3.86. The topological polar surface area (TPSA) is 75.7 Å². The fourth-order valence-electron chi connectivity index (χ4n) is 3.51. The van der Waals surface area contributed by atoms with E-state index in [4.69, 9.17) is 4.74 Å². The van der Waals surface area contributed by atoms with Crippen LogP contribution in [0.4, 0.5) is 10.1 Å². The molecule has 3 rings (SSSR count). The summed E-state index contributed by atoms with van der Waals surface area (Å²) in [5.41, 5.74) is 1.21. The highest BCUT2D eigenvalue weighted by molar-refractivity contribution is 7.92. The van der Waals surface area contributed by atoms with Crippen LogP contribution in [-0.4, -0.2) is 32.7 Å². The molecule has 0 aromatic heterocycles. The predicted molar refractivity (Wildman–Crippen MR) is 110 cm³/mol. The van der Waals surface area contributed by atoms with Crippen molar-refractivity contribution in [1.29, 1.82) is 0 Å². The predicted octanol–water partition coefficient (Wildman–Crippen LogP) is 3.32. The third-order valence-corrected chi connectivity index (χ3v) is 5.89. The summed E-state index contributed by atoms with van der Waals surface area (Å²) < 4.78 is 45.4. The van der Waals surface area contributed by atoms with E-state index in [0.29, 0.717) is 12.2 Å². The maximum atomic E-state index is 14.2. The van der Waals surface area contributed by atoms with E-state index in [1.165, 1.54) is 18.2 Å². The Morgan fingerprint density at radius 3 is 2.62 bits per heavy atom. The molecule has 0 aliphatic carbocycles. The van der Waals surface area contributed by atoms with Crippen molar-refractivity contribution in [3.63, 3.8) is 0 Å². The number of ether oxygens (including phenoxy) is 1. The highest BCUT2D eigenvalue weighted by Gasteiger charge is 2.35. The molecular weight excluding hydrogens is 395 g/mol. The first-order valence-corrected chi connectivity index (χ1v) is 11.1. The largest absolute Gasteiger partial charge is 0.487 e. The quantitative estimate of drug-likeness (QED) is 0.805. The minimum Gasteiger partial charge on any atom is -0.487 e. The summed E-state index contributed by atoms with van der Waals surface area (Å²) >= 11 is 0. The SMILES string of the molecule is Cc1ccc2c(c1)[C@H](NC(=O)CN(c1ccccc1F)S(C)(=O)=O)CC(C)(C)O2. The van der Waals surface area contributed by atoms with E-state index in [1.807, 2.05) is 39.0 Å². The lowest BCUT2D eigenvalue weighted by molar-refractivity contribution is -0.120. The van der Waals surface area contributed by atoms with Crippen LogP contribution in [0.25, 0.3) is 0 Å². The molecule has 1 amide bonds. The number of sulfonamides is 1. The number of hydrogen-bond acceptors (Lipinski definition) is 4. The van der Waals surface area contributed by atoms with Gasteiger partial charge in [-0.25, -0.2) is 12.8 Å². The first-order valence-electron chi connectivity index (χ1n) is 9.27. The average Bonchev–Trinajstić information content (AvgIpc) is 2.59. The summed E-state index contributed by atoms with van der Waals surface area (Å²) in [7, 11) is -3.86. The number of para-hydroxylation sites is 1. The van der Waals surface area contributed by atoms with Crippen molar-refractivity contribution in [2.24, 2.45) is 0 Å². The van der Waals surface area contributed by atoms with Crippen LogP contribution < -0.4 is 14.4 Å². The Bertz CT molecular complexity index is 1040. The van der Waals surface area contributed by atoms with Gasteiger partial charge in [0.05, 0.1) is 18.0 Å². The van der Waals surface area contributed by atoms with Gasteiger partial charge in [0.1, 0.15) is 23.7 Å². The summed E-state index contributed by atoms with van der Waals surface area (Å²) in [6.45, 7) is 5.29. The zero-order valence-electron chi connectivity index (χ0n) is 16.9. The van der Waals surface area contributed by atoms with Crippen LogP contribution in [0.2, 0.25) is 0 Å². The number of rotatable bonds is 5. The molecule has 0 spiro atoms. The first-order chi connectivity index (χ1) is 13.5. The third-order valence-electron chi connectivity index (χ3n) is 4.77. The van der Waals surface area contributed by atoms with Crippen molar-refractivity contribution in [3.8, 4) is 5.75 Å². The van der Waals surface area contributed by atoms with Crippen molar-refractivity contribution in [2.75, 3.05) is 17.1 Å². The molecule has 1 heterocycles. The Hall–Kier alpha value is -2.61. The van der Waals surface area contributed by atoms with E-state index >= 15 is 0 Å². The second kappa shape index (κ2) is 7.67. The van der Waals surface area contributed by atoms with Gasteiger partial charge in [-0.1, -0.05) is 29.8 Å². The molecule has 0 fully saturated rings. The second-order valence-electron chi connectivity index (χ2n) is 7.95. The molecular formula is C21H25FN2O4S. The molecule has 0 radical (unpaired) electrons. The van der Waals surface area contributed by atoms with Gasteiger partial charge in [0, 0.05) is 12.0 Å². The number of carbonyl (C=O) groups excluding carboxylic acids is 1. The molecule has 1 atom stereocenters. The average molecular weight is 421 g/mol. The van der Waals surface area contributed by atoms with E-state index in [-0.39, 0.29) is 11.7 Å². The molecule has 0 bridgehead atoms. The number of aryl methyl sites for hydroxylation is 1. The number of nitrogens with one attached hydrogen (secondary N) is 1. The summed E-state index contributed by atoms with van der Waals surface area (Å²) in [6, 6.07) is 10.9. The molecule has 2 aromatic rings. The molecule has 29 heavy (non-hydrogen) atoms. The Morgan fingerprint density at radius 1 is 1.28 bits per heavy atom. The highest BCUT2D eigenvalue weighted by atomic mass is 32.2. The number of carbonyl (C=O) groups is 1. The van der Waals surface area contributed by atoms with Crippen LogP contribution in [0.5, 0.6) is 5.75 Å². The van der Waals surface area contributed by atoms with Crippen molar-refractivity contribution in [2.45, 2.75) is 38.8 Å². The second-order valence-corrected chi connectivity index (χ2v) is 9.86. The number of amides is 1.